The maximum atomic E-state index is 12.5. The van der Waals surface area contributed by atoms with Crippen LogP contribution in [0.1, 0.15) is 30.7 Å². The zero-order chi connectivity index (χ0) is 16.7. The highest BCUT2D eigenvalue weighted by Gasteiger charge is 2.35. The van der Waals surface area contributed by atoms with Crippen molar-refractivity contribution in [3.63, 3.8) is 0 Å². The fourth-order valence-corrected chi connectivity index (χ4v) is 4.18. The quantitative estimate of drug-likeness (QED) is 0.931. The van der Waals surface area contributed by atoms with E-state index in [9.17, 15) is 9.59 Å². The van der Waals surface area contributed by atoms with E-state index in [0.29, 0.717) is 19.0 Å². The average Bonchev–Trinajstić information content (AvgIpc) is 3.36. The average molecular weight is 343 g/mol. The Morgan fingerprint density at radius 3 is 2.62 bits per heavy atom. The fraction of sp³-hybridized carbons (Fsp3) is 0.500. The van der Waals surface area contributed by atoms with Gasteiger partial charge < -0.3 is 10.2 Å². The summed E-state index contributed by atoms with van der Waals surface area (Å²) in [6.07, 6.45) is 3.59. The van der Waals surface area contributed by atoms with Gasteiger partial charge in [-0.1, -0.05) is 0 Å². The lowest BCUT2D eigenvalue weighted by atomic mass is 9.95. The second-order valence-corrected chi connectivity index (χ2v) is 8.01. The summed E-state index contributed by atoms with van der Waals surface area (Å²) in [5.74, 6) is 0.617. The lowest BCUT2D eigenvalue weighted by Crippen LogP contribution is -2.42. The van der Waals surface area contributed by atoms with Crippen LogP contribution in [0.5, 0.6) is 0 Å². The Labute approximate surface area is 145 Å². The van der Waals surface area contributed by atoms with Gasteiger partial charge in [0.05, 0.1) is 15.2 Å². The zero-order valence-corrected chi connectivity index (χ0v) is 14.6. The van der Waals surface area contributed by atoms with Crippen LogP contribution in [-0.4, -0.2) is 34.8 Å². The smallest absolute Gasteiger partial charge is 0.227 e. The topological polar surface area (TPSA) is 62.3 Å². The largest absolute Gasteiger partial charge is 0.342 e. The maximum Gasteiger partial charge on any atom is 0.227 e. The molecule has 4 rings (SSSR count). The molecule has 1 aliphatic carbocycles. The Kier molecular flexibility index (Phi) is 4.00. The molecule has 0 radical (unpaired) electrons. The SMILES string of the molecule is Cc1nc2ccc(NC(=O)C3CCN(C(=O)C4CC4)CC3)cc2s1. The lowest BCUT2D eigenvalue weighted by Gasteiger charge is -2.31. The van der Waals surface area contributed by atoms with E-state index in [-0.39, 0.29) is 17.7 Å². The second-order valence-electron chi connectivity index (χ2n) is 6.78. The molecule has 0 bridgehead atoms. The molecule has 2 aliphatic rings. The maximum absolute atomic E-state index is 12.5. The Morgan fingerprint density at radius 2 is 1.92 bits per heavy atom. The number of anilines is 1. The number of carbonyl (C=O) groups excluding carboxylic acids is 2. The highest BCUT2D eigenvalue weighted by atomic mass is 32.1. The van der Waals surface area contributed by atoms with Crippen LogP contribution in [-0.2, 0) is 9.59 Å². The minimum absolute atomic E-state index is 0.00727. The van der Waals surface area contributed by atoms with E-state index in [0.717, 1.165) is 46.6 Å². The Bertz CT molecular complexity index is 789. The van der Waals surface area contributed by atoms with E-state index in [1.165, 1.54) is 0 Å². The van der Waals surface area contributed by atoms with E-state index >= 15 is 0 Å². The highest BCUT2D eigenvalue weighted by molar-refractivity contribution is 7.18. The van der Waals surface area contributed by atoms with Crippen LogP contribution in [0.15, 0.2) is 18.2 Å². The summed E-state index contributed by atoms with van der Waals surface area (Å²) in [6, 6.07) is 5.85. The lowest BCUT2D eigenvalue weighted by molar-refractivity contribution is -0.135. The number of thiazole rings is 1. The van der Waals surface area contributed by atoms with Crippen molar-refractivity contribution in [2.75, 3.05) is 18.4 Å². The standard InChI is InChI=1S/C18H21N3O2S/c1-11-19-15-5-4-14(10-16(15)24-11)20-17(22)12-6-8-21(9-7-12)18(23)13-2-3-13/h4-5,10,12-13H,2-3,6-9H2,1H3,(H,20,22). The molecular formula is C18H21N3O2S. The van der Waals surface area contributed by atoms with E-state index in [1.54, 1.807) is 11.3 Å². The summed E-state index contributed by atoms with van der Waals surface area (Å²) in [5, 5.41) is 4.06. The summed E-state index contributed by atoms with van der Waals surface area (Å²) < 4.78 is 1.09. The van der Waals surface area contributed by atoms with Crippen LogP contribution >= 0.6 is 11.3 Å². The molecule has 1 saturated heterocycles. The van der Waals surface area contributed by atoms with Crippen molar-refractivity contribution >= 4 is 39.1 Å². The van der Waals surface area contributed by atoms with Crippen molar-refractivity contribution in [1.29, 1.82) is 0 Å². The Morgan fingerprint density at radius 1 is 1.17 bits per heavy atom. The van der Waals surface area contributed by atoms with Gasteiger partial charge in [-0.2, -0.15) is 0 Å². The normalized spacial score (nSPS) is 18.8. The van der Waals surface area contributed by atoms with Gasteiger partial charge in [-0.05, 0) is 50.8 Å². The minimum atomic E-state index is -0.00727. The van der Waals surface area contributed by atoms with Gasteiger partial charge in [0.2, 0.25) is 11.8 Å². The van der Waals surface area contributed by atoms with E-state index in [4.69, 9.17) is 0 Å². The van der Waals surface area contributed by atoms with Gasteiger partial charge in [-0.15, -0.1) is 11.3 Å². The first-order valence-corrected chi connectivity index (χ1v) is 9.38. The number of hydrogen-bond donors (Lipinski definition) is 1. The number of piperidine rings is 1. The van der Waals surface area contributed by atoms with Crippen molar-refractivity contribution in [2.45, 2.75) is 32.6 Å². The number of nitrogens with zero attached hydrogens (tertiary/aromatic N) is 2. The third-order valence-electron chi connectivity index (χ3n) is 4.87. The van der Waals surface area contributed by atoms with Crippen LogP contribution < -0.4 is 5.32 Å². The van der Waals surface area contributed by atoms with Crippen molar-refractivity contribution in [1.82, 2.24) is 9.88 Å². The van der Waals surface area contributed by atoms with Crippen molar-refractivity contribution in [3.8, 4) is 0 Å². The van der Waals surface area contributed by atoms with Crippen molar-refractivity contribution in [2.24, 2.45) is 11.8 Å². The van der Waals surface area contributed by atoms with Gasteiger partial charge in [0.25, 0.3) is 0 Å². The molecular weight excluding hydrogens is 322 g/mol. The molecule has 5 nitrogen and oxygen atoms in total. The van der Waals surface area contributed by atoms with Gasteiger partial charge in [0.15, 0.2) is 0 Å². The Hall–Kier alpha value is -1.95. The third-order valence-corrected chi connectivity index (χ3v) is 5.80. The first-order chi connectivity index (χ1) is 11.6. The summed E-state index contributed by atoms with van der Waals surface area (Å²) in [5.41, 5.74) is 1.80. The molecule has 1 aromatic carbocycles. The van der Waals surface area contributed by atoms with E-state index < -0.39 is 0 Å². The molecule has 1 N–H and O–H groups in total. The predicted octanol–water partition coefficient (Wildman–Crippen LogP) is 3.19. The number of aromatic nitrogens is 1. The molecule has 0 unspecified atom stereocenters. The van der Waals surface area contributed by atoms with Gasteiger partial charge >= 0.3 is 0 Å². The number of fused-ring (bicyclic) bond motifs is 1. The number of rotatable bonds is 3. The summed E-state index contributed by atoms with van der Waals surface area (Å²) in [6.45, 7) is 3.40. The number of hydrogen-bond acceptors (Lipinski definition) is 4. The molecule has 2 fully saturated rings. The van der Waals surface area contributed by atoms with E-state index in [1.807, 2.05) is 30.0 Å². The monoisotopic (exact) mass is 343 g/mol. The Balaban J connectivity index is 1.36. The number of benzene rings is 1. The van der Waals surface area contributed by atoms with Crippen LogP contribution in [0.3, 0.4) is 0 Å². The first-order valence-electron chi connectivity index (χ1n) is 8.57. The summed E-state index contributed by atoms with van der Waals surface area (Å²) in [4.78, 5) is 31.0. The van der Waals surface area contributed by atoms with Crippen LogP contribution in [0.2, 0.25) is 0 Å². The molecule has 1 saturated carbocycles. The molecule has 24 heavy (non-hydrogen) atoms. The number of carbonyl (C=O) groups is 2. The summed E-state index contributed by atoms with van der Waals surface area (Å²) in [7, 11) is 0. The number of nitrogens with one attached hydrogen (secondary N) is 1. The number of aryl methyl sites for hydroxylation is 1. The highest BCUT2D eigenvalue weighted by Crippen LogP contribution is 2.32. The summed E-state index contributed by atoms with van der Waals surface area (Å²) >= 11 is 1.63. The zero-order valence-electron chi connectivity index (χ0n) is 13.7. The molecule has 6 heteroatoms. The van der Waals surface area contributed by atoms with Gasteiger partial charge in [-0.3, -0.25) is 9.59 Å². The van der Waals surface area contributed by atoms with Crippen molar-refractivity contribution < 1.29 is 9.59 Å². The predicted molar refractivity (Wildman–Crippen MR) is 95.0 cm³/mol. The van der Waals surface area contributed by atoms with Gasteiger partial charge in [0, 0.05) is 30.6 Å². The molecule has 126 valence electrons. The molecule has 1 aliphatic heterocycles. The molecule has 2 aromatic rings. The minimum Gasteiger partial charge on any atom is -0.342 e. The molecule has 2 amide bonds. The van der Waals surface area contributed by atoms with Crippen LogP contribution in [0.4, 0.5) is 5.69 Å². The third kappa shape index (κ3) is 3.15. The van der Waals surface area contributed by atoms with Crippen molar-refractivity contribution in [3.05, 3.63) is 23.2 Å². The molecule has 0 spiro atoms. The number of amides is 2. The first kappa shape index (κ1) is 15.6. The van der Waals surface area contributed by atoms with Gasteiger partial charge in [0.1, 0.15) is 0 Å². The molecule has 1 aromatic heterocycles. The molecule has 2 heterocycles. The fourth-order valence-electron chi connectivity index (χ4n) is 3.31. The van der Waals surface area contributed by atoms with Gasteiger partial charge in [-0.25, -0.2) is 4.98 Å². The van der Waals surface area contributed by atoms with Crippen LogP contribution in [0, 0.1) is 18.8 Å². The molecule has 0 atom stereocenters. The van der Waals surface area contributed by atoms with Crippen LogP contribution in [0.25, 0.3) is 10.2 Å². The second kappa shape index (κ2) is 6.16. The number of likely N-dealkylation sites (tertiary alicyclic amines) is 1. The van der Waals surface area contributed by atoms with E-state index in [2.05, 4.69) is 10.3 Å².